The number of fused-ring (bicyclic) bond motifs is 1. The molecule has 0 amide bonds. The number of halogens is 1. The van der Waals surface area contributed by atoms with E-state index < -0.39 is 16.7 Å². The van der Waals surface area contributed by atoms with Crippen LogP contribution in [0, 0.1) is 13.8 Å². The molecule has 0 aliphatic carbocycles. The summed E-state index contributed by atoms with van der Waals surface area (Å²) in [7, 11) is 0.0995. The lowest BCUT2D eigenvalue weighted by Gasteiger charge is -2.15. The zero-order valence-electron chi connectivity index (χ0n) is 13.3. The second-order valence-electron chi connectivity index (χ2n) is 5.34. The molecule has 0 aliphatic heterocycles. The van der Waals surface area contributed by atoms with Gasteiger partial charge in [-0.1, -0.05) is 11.6 Å². The van der Waals surface area contributed by atoms with Crippen molar-refractivity contribution in [2.45, 2.75) is 24.8 Å². The molecule has 2 heterocycles. The SMILES string of the molecule is COc1ccc2nc(S(=O)Cc3nc([O-])c(C)c(Cl)c3C)[nH]c2c1. The number of H-pyrrole nitrogens is 1. The summed E-state index contributed by atoms with van der Waals surface area (Å²) in [6.45, 7) is 3.38. The Bertz CT molecular complexity index is 955. The van der Waals surface area contributed by atoms with Crippen LogP contribution in [-0.4, -0.2) is 26.3 Å². The van der Waals surface area contributed by atoms with Gasteiger partial charge in [-0.25, -0.2) is 4.98 Å². The van der Waals surface area contributed by atoms with Crippen LogP contribution < -0.4 is 9.84 Å². The van der Waals surface area contributed by atoms with E-state index in [1.807, 2.05) is 0 Å². The number of imidazole rings is 1. The fraction of sp³-hybridized carbons (Fsp3) is 0.250. The van der Waals surface area contributed by atoms with Crippen molar-refractivity contribution in [3.05, 3.63) is 40.0 Å². The van der Waals surface area contributed by atoms with Gasteiger partial charge in [0.05, 0.1) is 40.4 Å². The Morgan fingerprint density at radius 3 is 2.75 bits per heavy atom. The first-order valence-electron chi connectivity index (χ1n) is 7.15. The highest BCUT2D eigenvalue weighted by Gasteiger charge is 2.16. The minimum atomic E-state index is -1.48. The maximum atomic E-state index is 12.6. The van der Waals surface area contributed by atoms with Crippen LogP contribution in [0.1, 0.15) is 16.8 Å². The van der Waals surface area contributed by atoms with Gasteiger partial charge in [0.25, 0.3) is 0 Å². The molecule has 1 atom stereocenters. The minimum absolute atomic E-state index is 0.0675. The summed E-state index contributed by atoms with van der Waals surface area (Å²) in [5.74, 6) is 0.354. The van der Waals surface area contributed by atoms with Crippen LogP contribution >= 0.6 is 11.6 Å². The molecule has 1 N–H and O–H groups in total. The number of methoxy groups -OCH3 is 1. The van der Waals surface area contributed by atoms with E-state index in [2.05, 4.69) is 15.0 Å². The quantitative estimate of drug-likeness (QED) is 0.768. The Labute approximate surface area is 146 Å². The van der Waals surface area contributed by atoms with Gasteiger partial charge >= 0.3 is 0 Å². The third kappa shape index (κ3) is 2.97. The van der Waals surface area contributed by atoms with E-state index in [-0.39, 0.29) is 5.75 Å². The first kappa shape index (κ1) is 16.7. The summed E-state index contributed by atoms with van der Waals surface area (Å²) in [6, 6.07) is 5.35. The van der Waals surface area contributed by atoms with Crippen LogP contribution in [-0.2, 0) is 16.6 Å². The molecule has 0 aliphatic rings. The van der Waals surface area contributed by atoms with Crippen LogP contribution in [0.3, 0.4) is 0 Å². The van der Waals surface area contributed by atoms with E-state index in [4.69, 9.17) is 16.3 Å². The third-order valence-corrected chi connectivity index (χ3v) is 5.53. The zero-order chi connectivity index (χ0) is 17.4. The smallest absolute Gasteiger partial charge is 0.197 e. The lowest BCUT2D eigenvalue weighted by atomic mass is 10.1. The molecular weight excluding hydrogens is 350 g/mol. The highest BCUT2D eigenvalue weighted by atomic mass is 35.5. The summed E-state index contributed by atoms with van der Waals surface area (Å²) in [5, 5.41) is 12.5. The molecule has 1 unspecified atom stereocenters. The Balaban J connectivity index is 1.93. The molecule has 0 spiro atoms. The summed E-state index contributed by atoms with van der Waals surface area (Å²) in [5.41, 5.74) is 2.91. The number of nitrogens with one attached hydrogen (secondary N) is 1. The van der Waals surface area contributed by atoms with Crippen molar-refractivity contribution in [2.75, 3.05) is 7.11 Å². The van der Waals surface area contributed by atoms with Gasteiger partial charge in [0, 0.05) is 11.1 Å². The molecule has 0 saturated carbocycles. The van der Waals surface area contributed by atoms with Crippen LogP contribution in [0.4, 0.5) is 0 Å². The summed E-state index contributed by atoms with van der Waals surface area (Å²) < 4.78 is 17.8. The van der Waals surface area contributed by atoms with E-state index >= 15 is 0 Å². The molecule has 0 saturated heterocycles. The molecule has 0 bridgehead atoms. The van der Waals surface area contributed by atoms with Crippen LogP contribution in [0.5, 0.6) is 11.6 Å². The molecule has 126 valence electrons. The van der Waals surface area contributed by atoms with Crippen LogP contribution in [0.15, 0.2) is 23.4 Å². The lowest BCUT2D eigenvalue weighted by Crippen LogP contribution is -2.08. The molecule has 6 nitrogen and oxygen atoms in total. The molecule has 24 heavy (non-hydrogen) atoms. The average molecular weight is 365 g/mol. The van der Waals surface area contributed by atoms with Crippen molar-refractivity contribution in [1.29, 1.82) is 0 Å². The van der Waals surface area contributed by atoms with Crippen molar-refractivity contribution >= 4 is 33.4 Å². The largest absolute Gasteiger partial charge is 0.858 e. The molecule has 1 aromatic carbocycles. The van der Waals surface area contributed by atoms with E-state index in [0.29, 0.717) is 38.3 Å². The normalized spacial score (nSPS) is 12.5. The predicted octanol–water partition coefficient (Wildman–Crippen LogP) is 2.62. The van der Waals surface area contributed by atoms with Gasteiger partial charge in [-0.2, -0.15) is 0 Å². The molecule has 3 rings (SSSR count). The number of nitrogens with zero attached hydrogens (tertiary/aromatic N) is 2. The topological polar surface area (TPSA) is 90.9 Å². The van der Waals surface area contributed by atoms with E-state index in [1.54, 1.807) is 39.2 Å². The first-order valence-corrected chi connectivity index (χ1v) is 8.85. The zero-order valence-corrected chi connectivity index (χ0v) is 14.9. The monoisotopic (exact) mass is 364 g/mol. The number of aromatic nitrogens is 3. The molecule has 0 fully saturated rings. The van der Waals surface area contributed by atoms with Crippen molar-refractivity contribution in [3.63, 3.8) is 0 Å². The molecule has 8 heteroatoms. The van der Waals surface area contributed by atoms with E-state index in [1.165, 1.54) is 0 Å². The highest BCUT2D eigenvalue weighted by molar-refractivity contribution is 7.84. The number of aromatic amines is 1. The van der Waals surface area contributed by atoms with Gasteiger partial charge in [-0.3, -0.25) is 9.19 Å². The number of benzene rings is 1. The Morgan fingerprint density at radius 1 is 1.29 bits per heavy atom. The number of pyridine rings is 1. The maximum absolute atomic E-state index is 12.6. The van der Waals surface area contributed by atoms with Gasteiger partial charge in [-0.05, 0) is 43.0 Å². The highest BCUT2D eigenvalue weighted by Crippen LogP contribution is 2.28. The minimum Gasteiger partial charge on any atom is -0.858 e. The third-order valence-electron chi connectivity index (χ3n) is 3.80. The first-order chi connectivity index (χ1) is 11.4. The number of ether oxygens (including phenoxy) is 1. The standard InChI is InChI=1S/C16H16ClN3O3S/c1-8-13(18-15(21)9(2)14(8)17)7-24(22)16-19-11-5-4-10(23-3)6-12(11)20-16/h4-6H,7H2,1-3H3,(H,18,21)(H,19,20)/p-1. The van der Waals surface area contributed by atoms with Crippen LogP contribution in [0.2, 0.25) is 5.02 Å². The Hall–Kier alpha value is -2.12. The number of hydrogen-bond donors (Lipinski definition) is 1. The van der Waals surface area contributed by atoms with Crippen molar-refractivity contribution in [1.82, 2.24) is 15.0 Å². The average Bonchev–Trinajstić information content (AvgIpc) is 3.00. The van der Waals surface area contributed by atoms with Crippen molar-refractivity contribution < 1.29 is 14.1 Å². The summed E-state index contributed by atoms with van der Waals surface area (Å²) >= 11 is 6.14. The van der Waals surface area contributed by atoms with Gasteiger partial charge < -0.3 is 14.8 Å². The molecular formula is C16H15ClN3O3S-. The van der Waals surface area contributed by atoms with Crippen LogP contribution in [0.25, 0.3) is 11.0 Å². The summed E-state index contributed by atoms with van der Waals surface area (Å²) in [4.78, 5) is 11.3. The fourth-order valence-electron chi connectivity index (χ4n) is 2.33. The van der Waals surface area contributed by atoms with Gasteiger partial charge in [0.1, 0.15) is 5.75 Å². The lowest BCUT2D eigenvalue weighted by molar-refractivity contribution is -0.276. The predicted molar refractivity (Wildman–Crippen MR) is 90.9 cm³/mol. The number of hydrogen-bond acceptors (Lipinski definition) is 5. The Kier molecular flexibility index (Phi) is 4.47. The Morgan fingerprint density at radius 2 is 2.04 bits per heavy atom. The molecule has 0 radical (unpaired) electrons. The summed E-state index contributed by atoms with van der Waals surface area (Å²) in [6.07, 6.45) is 0. The van der Waals surface area contributed by atoms with Gasteiger partial charge in [0.2, 0.25) is 0 Å². The fourth-order valence-corrected chi connectivity index (χ4v) is 3.61. The van der Waals surface area contributed by atoms with Crippen molar-refractivity contribution in [3.8, 4) is 11.6 Å². The molecule has 3 aromatic rings. The van der Waals surface area contributed by atoms with Gasteiger partial charge in [-0.15, -0.1) is 0 Å². The second kappa shape index (κ2) is 6.41. The second-order valence-corrected chi connectivity index (χ2v) is 7.09. The number of rotatable bonds is 4. The molecule has 2 aromatic heterocycles. The van der Waals surface area contributed by atoms with Crippen molar-refractivity contribution in [2.24, 2.45) is 0 Å². The van der Waals surface area contributed by atoms with Gasteiger partial charge in [0.15, 0.2) is 5.16 Å². The van der Waals surface area contributed by atoms with E-state index in [0.717, 1.165) is 5.52 Å². The maximum Gasteiger partial charge on any atom is 0.197 e. The van der Waals surface area contributed by atoms with E-state index in [9.17, 15) is 9.32 Å².